The van der Waals surface area contributed by atoms with Crippen LogP contribution in [-0.4, -0.2) is 60.9 Å². The second-order valence-electron chi connectivity index (χ2n) is 4.41. The zero-order valence-corrected chi connectivity index (χ0v) is 10.9. The molecule has 0 saturated carbocycles. The van der Waals surface area contributed by atoms with Crippen molar-refractivity contribution in [2.24, 2.45) is 5.73 Å². The van der Waals surface area contributed by atoms with Crippen LogP contribution in [0.4, 0.5) is 4.79 Å². The lowest BCUT2D eigenvalue weighted by molar-refractivity contribution is -0.130. The van der Waals surface area contributed by atoms with Crippen molar-refractivity contribution in [2.75, 3.05) is 32.8 Å². The molecule has 110 valence electrons. The first-order valence-electron chi connectivity index (χ1n) is 6.45. The molecule has 0 aromatic carbocycles. The first-order chi connectivity index (χ1) is 9.15. The van der Waals surface area contributed by atoms with Gasteiger partial charge in [0.15, 0.2) is 0 Å². The molecule has 1 heterocycles. The van der Waals surface area contributed by atoms with Gasteiger partial charge in [-0.05, 0) is 19.3 Å². The summed E-state index contributed by atoms with van der Waals surface area (Å²) in [4.78, 5) is 24.3. The minimum atomic E-state index is -0.708. The normalized spacial score (nSPS) is 16.8. The van der Waals surface area contributed by atoms with Crippen LogP contribution >= 0.6 is 0 Å². The number of morpholine rings is 1. The number of amides is 3. The number of rotatable bonds is 6. The number of hydrogen-bond donors (Lipinski definition) is 4. The predicted octanol–water partition coefficient (Wildman–Crippen LogP) is -0.969. The number of nitrogens with zero attached hydrogens (tertiary/aromatic N) is 1. The van der Waals surface area contributed by atoms with E-state index in [1.165, 1.54) is 5.48 Å². The monoisotopic (exact) mass is 274 g/mol. The van der Waals surface area contributed by atoms with E-state index in [0.29, 0.717) is 45.7 Å². The van der Waals surface area contributed by atoms with Crippen LogP contribution in [0.25, 0.3) is 0 Å². The van der Waals surface area contributed by atoms with Gasteiger partial charge in [-0.2, -0.15) is 0 Å². The Morgan fingerprint density at radius 3 is 2.63 bits per heavy atom. The molecule has 0 unspecified atom stereocenters. The van der Waals surface area contributed by atoms with E-state index < -0.39 is 11.9 Å². The first-order valence-corrected chi connectivity index (χ1v) is 6.45. The minimum Gasteiger partial charge on any atom is -0.378 e. The van der Waals surface area contributed by atoms with Crippen LogP contribution in [0.15, 0.2) is 0 Å². The number of carbonyl (C=O) groups excluding carboxylic acids is 2. The van der Waals surface area contributed by atoms with Gasteiger partial charge in [-0.15, -0.1) is 0 Å². The fourth-order valence-corrected chi connectivity index (χ4v) is 1.78. The lowest BCUT2D eigenvalue weighted by Gasteiger charge is -2.26. The van der Waals surface area contributed by atoms with Gasteiger partial charge in [0, 0.05) is 19.6 Å². The van der Waals surface area contributed by atoms with E-state index in [4.69, 9.17) is 15.7 Å². The van der Waals surface area contributed by atoms with Crippen molar-refractivity contribution < 1.29 is 19.5 Å². The quantitative estimate of drug-likeness (QED) is 0.282. The Kier molecular flexibility index (Phi) is 7.16. The number of hydrogen-bond acceptors (Lipinski definition) is 5. The molecular weight excluding hydrogens is 252 g/mol. The van der Waals surface area contributed by atoms with Crippen molar-refractivity contribution in [1.82, 2.24) is 15.7 Å². The molecule has 1 saturated heterocycles. The summed E-state index contributed by atoms with van der Waals surface area (Å²) in [7, 11) is 0. The smallest absolute Gasteiger partial charge is 0.317 e. The summed E-state index contributed by atoms with van der Waals surface area (Å²) < 4.78 is 5.16. The maximum Gasteiger partial charge on any atom is 0.317 e. The Hall–Kier alpha value is -1.38. The third kappa shape index (κ3) is 5.86. The van der Waals surface area contributed by atoms with Crippen LogP contribution in [0.1, 0.15) is 19.3 Å². The van der Waals surface area contributed by atoms with E-state index in [0.717, 1.165) is 6.42 Å². The van der Waals surface area contributed by atoms with Gasteiger partial charge in [0.05, 0.1) is 19.3 Å². The van der Waals surface area contributed by atoms with Crippen LogP contribution in [0.3, 0.4) is 0 Å². The summed E-state index contributed by atoms with van der Waals surface area (Å²) in [5, 5.41) is 11.2. The average molecular weight is 274 g/mol. The van der Waals surface area contributed by atoms with Crippen molar-refractivity contribution in [3.05, 3.63) is 0 Å². The van der Waals surface area contributed by atoms with Gasteiger partial charge >= 0.3 is 6.03 Å². The highest BCUT2D eigenvalue weighted by molar-refractivity contribution is 5.80. The Labute approximate surface area is 112 Å². The standard InChI is InChI=1S/C11H22N4O4/c12-9(10(16)14-18)3-1-2-4-13-11(17)15-5-7-19-8-6-15/h9,18H,1-8,12H2,(H,13,17)(H,14,16)/t9-/m1/s1. The summed E-state index contributed by atoms with van der Waals surface area (Å²) in [5.41, 5.74) is 7.02. The van der Waals surface area contributed by atoms with E-state index in [-0.39, 0.29) is 6.03 Å². The second kappa shape index (κ2) is 8.68. The maximum absolute atomic E-state index is 11.7. The molecule has 1 rings (SSSR count). The van der Waals surface area contributed by atoms with E-state index in [1.807, 2.05) is 0 Å². The Morgan fingerprint density at radius 1 is 1.32 bits per heavy atom. The highest BCUT2D eigenvalue weighted by Crippen LogP contribution is 2.00. The molecule has 0 aromatic rings. The van der Waals surface area contributed by atoms with Gasteiger partial charge in [-0.25, -0.2) is 10.3 Å². The number of nitrogens with two attached hydrogens (primary N) is 1. The fourth-order valence-electron chi connectivity index (χ4n) is 1.78. The molecule has 0 aromatic heterocycles. The predicted molar refractivity (Wildman–Crippen MR) is 67.5 cm³/mol. The molecule has 8 heteroatoms. The molecule has 1 fully saturated rings. The van der Waals surface area contributed by atoms with Crippen molar-refractivity contribution in [2.45, 2.75) is 25.3 Å². The van der Waals surface area contributed by atoms with Gasteiger partial charge in [-0.3, -0.25) is 10.0 Å². The Balaban J connectivity index is 2.04. The third-order valence-electron chi connectivity index (χ3n) is 2.96. The molecule has 19 heavy (non-hydrogen) atoms. The SMILES string of the molecule is N[C@H](CCCCNC(=O)N1CCOCC1)C(=O)NO. The van der Waals surface area contributed by atoms with Crippen LogP contribution in [0.2, 0.25) is 0 Å². The number of urea groups is 1. The first kappa shape index (κ1) is 15.7. The van der Waals surface area contributed by atoms with Gasteiger partial charge in [0.25, 0.3) is 5.91 Å². The number of unbranched alkanes of at least 4 members (excludes halogenated alkanes) is 1. The zero-order chi connectivity index (χ0) is 14.1. The summed E-state index contributed by atoms with van der Waals surface area (Å²) in [6.45, 7) is 2.95. The van der Waals surface area contributed by atoms with Crippen molar-refractivity contribution >= 4 is 11.9 Å². The third-order valence-corrected chi connectivity index (χ3v) is 2.96. The minimum absolute atomic E-state index is 0.0827. The van der Waals surface area contributed by atoms with Gasteiger partial charge in [-0.1, -0.05) is 0 Å². The molecular formula is C11H22N4O4. The van der Waals surface area contributed by atoms with E-state index >= 15 is 0 Å². The van der Waals surface area contributed by atoms with Crippen LogP contribution in [0.5, 0.6) is 0 Å². The topological polar surface area (TPSA) is 117 Å². The Morgan fingerprint density at radius 2 is 2.00 bits per heavy atom. The lowest BCUT2D eigenvalue weighted by atomic mass is 10.1. The van der Waals surface area contributed by atoms with E-state index in [9.17, 15) is 9.59 Å². The van der Waals surface area contributed by atoms with Crippen LogP contribution in [0, 0.1) is 0 Å². The highest BCUT2D eigenvalue weighted by Gasteiger charge is 2.16. The largest absolute Gasteiger partial charge is 0.378 e. The maximum atomic E-state index is 11.7. The molecule has 0 bridgehead atoms. The summed E-state index contributed by atoms with van der Waals surface area (Å²) >= 11 is 0. The number of nitrogens with one attached hydrogen (secondary N) is 2. The fraction of sp³-hybridized carbons (Fsp3) is 0.818. The lowest BCUT2D eigenvalue weighted by Crippen LogP contribution is -2.46. The number of ether oxygens (including phenoxy) is 1. The molecule has 3 amide bonds. The highest BCUT2D eigenvalue weighted by atomic mass is 16.5. The van der Waals surface area contributed by atoms with E-state index in [1.54, 1.807) is 4.90 Å². The van der Waals surface area contributed by atoms with Gasteiger partial charge in [0.1, 0.15) is 0 Å². The average Bonchev–Trinajstić information content (AvgIpc) is 2.46. The van der Waals surface area contributed by atoms with Crippen LogP contribution in [-0.2, 0) is 9.53 Å². The molecule has 0 spiro atoms. The Bertz CT molecular complexity index is 294. The summed E-state index contributed by atoms with van der Waals surface area (Å²) in [5.74, 6) is -0.586. The second-order valence-corrected chi connectivity index (χ2v) is 4.41. The van der Waals surface area contributed by atoms with Gasteiger partial charge in [0.2, 0.25) is 0 Å². The number of carbonyl (C=O) groups is 2. The van der Waals surface area contributed by atoms with Crippen molar-refractivity contribution in [3.63, 3.8) is 0 Å². The molecule has 8 nitrogen and oxygen atoms in total. The molecule has 0 aliphatic carbocycles. The summed E-state index contributed by atoms with van der Waals surface area (Å²) in [6, 6.07) is -0.791. The zero-order valence-electron chi connectivity index (χ0n) is 10.9. The number of hydroxylamine groups is 1. The summed E-state index contributed by atoms with van der Waals surface area (Å²) in [6.07, 6.45) is 1.92. The molecule has 1 aliphatic heterocycles. The molecule has 5 N–H and O–H groups in total. The van der Waals surface area contributed by atoms with Crippen molar-refractivity contribution in [3.8, 4) is 0 Å². The van der Waals surface area contributed by atoms with E-state index in [2.05, 4.69) is 5.32 Å². The van der Waals surface area contributed by atoms with Crippen LogP contribution < -0.4 is 16.5 Å². The molecule has 0 radical (unpaired) electrons. The molecule has 1 atom stereocenters. The molecule has 1 aliphatic rings. The van der Waals surface area contributed by atoms with Crippen molar-refractivity contribution in [1.29, 1.82) is 0 Å². The van der Waals surface area contributed by atoms with Gasteiger partial charge < -0.3 is 20.7 Å².